The Bertz CT molecular complexity index is 809. The van der Waals surface area contributed by atoms with E-state index in [1.54, 1.807) is 7.11 Å². The Morgan fingerprint density at radius 1 is 1.15 bits per heavy atom. The van der Waals surface area contributed by atoms with Crippen molar-refractivity contribution in [2.75, 3.05) is 23.9 Å². The summed E-state index contributed by atoms with van der Waals surface area (Å²) in [6, 6.07) is 16.1. The highest BCUT2D eigenvalue weighted by molar-refractivity contribution is 6.12. The lowest BCUT2D eigenvalue weighted by Crippen LogP contribution is -2.62. The maximum Gasteiger partial charge on any atom is 0.262 e. The normalized spacial score (nSPS) is 25.1. The molecule has 2 aliphatic rings. The van der Waals surface area contributed by atoms with Crippen LogP contribution in [0.5, 0.6) is 0 Å². The molecule has 26 heavy (non-hydrogen) atoms. The number of rotatable bonds is 3. The highest BCUT2D eigenvalue weighted by Gasteiger charge is 2.47. The van der Waals surface area contributed by atoms with Crippen molar-refractivity contribution in [1.82, 2.24) is 0 Å². The Morgan fingerprint density at radius 2 is 1.92 bits per heavy atom. The summed E-state index contributed by atoms with van der Waals surface area (Å²) in [5, 5.41) is 3.74. The van der Waals surface area contributed by atoms with Crippen molar-refractivity contribution in [3.63, 3.8) is 0 Å². The first-order valence-electron chi connectivity index (χ1n) is 9.40. The number of nitrogens with one attached hydrogen (secondary N) is 1. The number of carbonyl (C=O) groups is 1. The van der Waals surface area contributed by atoms with Crippen molar-refractivity contribution in [1.29, 1.82) is 0 Å². The number of amides is 1. The minimum Gasteiger partial charge on any atom is -0.384 e. The second-order valence-corrected chi connectivity index (χ2v) is 7.58. The predicted octanol–water partition coefficient (Wildman–Crippen LogP) is 4.60. The molecule has 1 spiro atoms. The fraction of sp³-hybridized carbons (Fsp3) is 0.409. The van der Waals surface area contributed by atoms with Crippen molar-refractivity contribution in [2.45, 2.75) is 38.3 Å². The lowest BCUT2D eigenvalue weighted by Gasteiger charge is -2.51. The van der Waals surface area contributed by atoms with Gasteiger partial charge in [-0.1, -0.05) is 24.3 Å². The molecule has 136 valence electrons. The number of para-hydroxylation sites is 1. The molecule has 0 saturated heterocycles. The number of methoxy groups -OCH3 is 1. The van der Waals surface area contributed by atoms with Crippen LogP contribution in [0.3, 0.4) is 0 Å². The van der Waals surface area contributed by atoms with Gasteiger partial charge in [-0.3, -0.25) is 9.69 Å². The van der Waals surface area contributed by atoms with Crippen LogP contribution in [0.1, 0.15) is 41.6 Å². The van der Waals surface area contributed by atoms with Crippen LogP contribution in [0.15, 0.2) is 48.5 Å². The average Bonchev–Trinajstić information content (AvgIpc) is 2.64. The fourth-order valence-corrected chi connectivity index (χ4v) is 4.44. The van der Waals surface area contributed by atoms with E-state index in [-0.39, 0.29) is 11.6 Å². The third kappa shape index (κ3) is 2.88. The van der Waals surface area contributed by atoms with E-state index < -0.39 is 0 Å². The van der Waals surface area contributed by atoms with Gasteiger partial charge in [0.05, 0.1) is 5.56 Å². The Labute approximate surface area is 155 Å². The Hall–Kier alpha value is -2.33. The molecule has 1 fully saturated rings. The van der Waals surface area contributed by atoms with Crippen LogP contribution in [-0.4, -0.2) is 25.3 Å². The first-order valence-corrected chi connectivity index (χ1v) is 9.40. The van der Waals surface area contributed by atoms with Gasteiger partial charge < -0.3 is 10.1 Å². The van der Waals surface area contributed by atoms with Crippen molar-refractivity contribution >= 4 is 17.3 Å². The highest BCUT2D eigenvalue weighted by Crippen LogP contribution is 2.44. The number of carbonyl (C=O) groups excluding carboxylic acids is 1. The number of benzene rings is 2. The van der Waals surface area contributed by atoms with Crippen LogP contribution in [0.2, 0.25) is 0 Å². The molecule has 2 aromatic rings. The first-order chi connectivity index (χ1) is 12.6. The molecule has 1 heterocycles. The summed E-state index contributed by atoms with van der Waals surface area (Å²) in [6.45, 7) is 2.87. The molecule has 0 radical (unpaired) electrons. The molecule has 0 atom stereocenters. The topological polar surface area (TPSA) is 41.6 Å². The van der Waals surface area contributed by atoms with Gasteiger partial charge >= 0.3 is 0 Å². The van der Waals surface area contributed by atoms with Crippen LogP contribution in [0.4, 0.5) is 11.4 Å². The number of ether oxygens (including phenoxy) is 1. The summed E-state index contributed by atoms with van der Waals surface area (Å²) >= 11 is 0. The second-order valence-electron chi connectivity index (χ2n) is 7.58. The Morgan fingerprint density at radius 3 is 2.65 bits per heavy atom. The number of hydrogen-bond acceptors (Lipinski definition) is 3. The van der Waals surface area contributed by atoms with Gasteiger partial charge in [-0.2, -0.15) is 0 Å². The number of fused-ring (bicyclic) bond motifs is 1. The molecule has 4 rings (SSSR count). The summed E-state index contributed by atoms with van der Waals surface area (Å²) in [6.07, 6.45) is 3.96. The van der Waals surface area contributed by atoms with E-state index in [0.29, 0.717) is 5.92 Å². The molecule has 1 amide bonds. The monoisotopic (exact) mass is 350 g/mol. The maximum atomic E-state index is 13.5. The van der Waals surface area contributed by atoms with Gasteiger partial charge in [0.2, 0.25) is 0 Å². The molecule has 1 aliphatic heterocycles. The van der Waals surface area contributed by atoms with Gasteiger partial charge in [-0.25, -0.2) is 0 Å². The Kier molecular flexibility index (Phi) is 4.45. The van der Waals surface area contributed by atoms with Crippen molar-refractivity contribution in [2.24, 2.45) is 5.92 Å². The summed E-state index contributed by atoms with van der Waals surface area (Å²) < 4.78 is 5.36. The van der Waals surface area contributed by atoms with Gasteiger partial charge in [0, 0.05) is 25.1 Å². The van der Waals surface area contributed by atoms with Crippen molar-refractivity contribution in [3.8, 4) is 0 Å². The predicted molar refractivity (Wildman–Crippen MR) is 105 cm³/mol. The van der Waals surface area contributed by atoms with E-state index >= 15 is 0 Å². The standard InChI is InChI=1S/C22H26N2O2/c1-16-6-5-7-18(14-16)24-21(25)19-8-3-4-9-20(19)23-22(24)12-10-17(11-13-22)15-26-2/h3-9,14,17,23H,10-13,15H2,1-2H3. The lowest BCUT2D eigenvalue weighted by atomic mass is 9.79. The molecule has 0 bridgehead atoms. The molecular formula is C22H26N2O2. The van der Waals surface area contributed by atoms with E-state index in [9.17, 15) is 4.79 Å². The van der Waals surface area contributed by atoms with Gasteiger partial charge in [0.1, 0.15) is 5.66 Å². The molecular weight excluding hydrogens is 324 g/mol. The quantitative estimate of drug-likeness (QED) is 0.879. The van der Waals surface area contributed by atoms with Crippen LogP contribution in [0.25, 0.3) is 0 Å². The summed E-state index contributed by atoms with van der Waals surface area (Å²) in [5.41, 5.74) is 3.48. The van der Waals surface area contributed by atoms with Crippen molar-refractivity contribution < 1.29 is 9.53 Å². The molecule has 2 aromatic carbocycles. The van der Waals surface area contributed by atoms with Crippen molar-refractivity contribution in [3.05, 3.63) is 59.7 Å². The molecule has 4 nitrogen and oxygen atoms in total. The SMILES string of the molecule is COCC1CCC2(CC1)Nc1ccccc1C(=O)N2c1cccc(C)c1. The van der Waals surface area contributed by atoms with Crippen LogP contribution >= 0.6 is 0 Å². The minimum atomic E-state index is -0.358. The van der Waals surface area contributed by atoms with Gasteiger partial charge in [0.15, 0.2) is 0 Å². The van der Waals surface area contributed by atoms with E-state index in [0.717, 1.165) is 54.8 Å². The zero-order valence-corrected chi connectivity index (χ0v) is 15.5. The number of nitrogens with zero attached hydrogens (tertiary/aromatic N) is 1. The molecule has 1 aliphatic carbocycles. The Balaban J connectivity index is 1.76. The summed E-state index contributed by atoms with van der Waals surface area (Å²) in [5.74, 6) is 0.661. The minimum absolute atomic E-state index is 0.0927. The average molecular weight is 350 g/mol. The molecule has 1 N–H and O–H groups in total. The highest BCUT2D eigenvalue weighted by atomic mass is 16.5. The largest absolute Gasteiger partial charge is 0.384 e. The zero-order chi connectivity index (χ0) is 18.1. The number of hydrogen-bond donors (Lipinski definition) is 1. The van der Waals surface area contributed by atoms with E-state index in [2.05, 4.69) is 24.4 Å². The van der Waals surface area contributed by atoms with Gasteiger partial charge in [-0.05, 0) is 68.4 Å². The fourth-order valence-electron chi connectivity index (χ4n) is 4.44. The second kappa shape index (κ2) is 6.76. The van der Waals surface area contributed by atoms with Crippen LogP contribution in [0, 0.1) is 12.8 Å². The van der Waals surface area contributed by atoms with E-state index in [1.165, 1.54) is 0 Å². The third-order valence-corrected chi connectivity index (χ3v) is 5.75. The molecule has 0 aromatic heterocycles. The molecule has 0 unspecified atom stereocenters. The molecule has 4 heteroatoms. The lowest BCUT2D eigenvalue weighted by molar-refractivity contribution is 0.0883. The zero-order valence-electron chi connectivity index (χ0n) is 15.5. The molecule has 1 saturated carbocycles. The number of aryl methyl sites for hydroxylation is 1. The summed E-state index contributed by atoms with van der Waals surface area (Å²) in [4.78, 5) is 15.5. The van der Waals surface area contributed by atoms with Gasteiger partial charge in [-0.15, -0.1) is 0 Å². The third-order valence-electron chi connectivity index (χ3n) is 5.75. The smallest absolute Gasteiger partial charge is 0.262 e. The first kappa shape index (κ1) is 17.1. The summed E-state index contributed by atoms with van der Waals surface area (Å²) in [7, 11) is 1.77. The van der Waals surface area contributed by atoms with E-state index in [4.69, 9.17) is 4.74 Å². The van der Waals surface area contributed by atoms with Gasteiger partial charge in [0.25, 0.3) is 5.91 Å². The van der Waals surface area contributed by atoms with Crippen LogP contribution < -0.4 is 10.2 Å². The van der Waals surface area contributed by atoms with Crippen LogP contribution in [-0.2, 0) is 4.74 Å². The van der Waals surface area contributed by atoms with E-state index in [1.807, 2.05) is 41.3 Å². The number of anilines is 2. The maximum absolute atomic E-state index is 13.5.